The van der Waals surface area contributed by atoms with Gasteiger partial charge in [-0.3, -0.25) is 9.78 Å². The van der Waals surface area contributed by atoms with Crippen LogP contribution in [0.25, 0.3) is 0 Å². The highest BCUT2D eigenvalue weighted by molar-refractivity contribution is 6.32. The van der Waals surface area contributed by atoms with Crippen molar-refractivity contribution < 1.29 is 14.6 Å². The Labute approximate surface area is 126 Å². The third-order valence-electron chi connectivity index (χ3n) is 3.21. The van der Waals surface area contributed by atoms with Gasteiger partial charge in [0.05, 0.1) is 11.1 Å². The van der Waals surface area contributed by atoms with Crippen LogP contribution in [-0.2, 0) is 0 Å². The summed E-state index contributed by atoms with van der Waals surface area (Å²) in [6.45, 7) is 0.734. The first kappa shape index (κ1) is 13.9. The first-order valence-corrected chi connectivity index (χ1v) is 6.86. The van der Waals surface area contributed by atoms with E-state index < -0.39 is 6.10 Å². The molecule has 1 fully saturated rings. The second kappa shape index (κ2) is 5.71. The Morgan fingerprint density at radius 3 is 2.62 bits per heavy atom. The minimum absolute atomic E-state index is 0.141. The van der Waals surface area contributed by atoms with Crippen LogP contribution < -0.4 is 4.74 Å². The summed E-state index contributed by atoms with van der Waals surface area (Å²) in [5.74, 6) is 0.956. The molecule has 2 aromatic rings. The molecule has 1 aliphatic heterocycles. The van der Waals surface area contributed by atoms with E-state index in [4.69, 9.17) is 16.3 Å². The number of aromatic nitrogens is 1. The lowest BCUT2D eigenvalue weighted by atomic mass is 10.1. The van der Waals surface area contributed by atoms with E-state index in [-0.39, 0.29) is 5.91 Å². The molecule has 0 atom stereocenters. The average Bonchev–Trinajstić information content (AvgIpc) is 2.46. The van der Waals surface area contributed by atoms with Gasteiger partial charge in [0.25, 0.3) is 5.91 Å². The van der Waals surface area contributed by atoms with Crippen molar-refractivity contribution in [3.63, 3.8) is 0 Å². The molecule has 0 spiro atoms. The number of hydrogen-bond acceptors (Lipinski definition) is 4. The van der Waals surface area contributed by atoms with Gasteiger partial charge in [-0.15, -0.1) is 0 Å². The number of nitrogens with zero attached hydrogens (tertiary/aromatic N) is 2. The number of hydrogen-bond donors (Lipinski definition) is 1. The highest BCUT2D eigenvalue weighted by atomic mass is 35.5. The number of rotatable bonds is 3. The molecule has 6 heteroatoms. The number of pyridine rings is 1. The van der Waals surface area contributed by atoms with Crippen molar-refractivity contribution in [1.29, 1.82) is 0 Å². The SMILES string of the molecule is O=C(c1ccc(Oc2ccncc2)c(Cl)c1)N1CC(O)C1. The predicted octanol–water partition coefficient (Wildman–Crippen LogP) is 2.34. The van der Waals surface area contributed by atoms with E-state index in [1.54, 1.807) is 47.6 Å². The van der Waals surface area contributed by atoms with Gasteiger partial charge < -0.3 is 14.7 Å². The molecule has 0 unspecified atom stereocenters. The Kier molecular flexibility index (Phi) is 3.77. The molecule has 1 aliphatic rings. The minimum atomic E-state index is -0.418. The van der Waals surface area contributed by atoms with E-state index >= 15 is 0 Å². The van der Waals surface area contributed by atoms with Crippen molar-refractivity contribution in [3.8, 4) is 11.5 Å². The molecule has 1 aromatic heterocycles. The Bertz CT molecular complexity index is 657. The summed E-state index contributed by atoms with van der Waals surface area (Å²) >= 11 is 6.16. The number of carbonyl (C=O) groups excluding carboxylic acids is 1. The number of aliphatic hydroxyl groups is 1. The van der Waals surface area contributed by atoms with Gasteiger partial charge in [-0.05, 0) is 30.3 Å². The van der Waals surface area contributed by atoms with Crippen molar-refractivity contribution in [2.75, 3.05) is 13.1 Å². The van der Waals surface area contributed by atoms with Gasteiger partial charge in [-0.25, -0.2) is 0 Å². The van der Waals surface area contributed by atoms with Crippen LogP contribution in [0.15, 0.2) is 42.7 Å². The average molecular weight is 305 g/mol. The van der Waals surface area contributed by atoms with Crippen LogP contribution in [0.2, 0.25) is 5.02 Å². The molecule has 1 N–H and O–H groups in total. The van der Waals surface area contributed by atoms with E-state index in [0.717, 1.165) is 0 Å². The Morgan fingerprint density at radius 1 is 1.29 bits per heavy atom. The molecule has 5 nitrogen and oxygen atoms in total. The summed E-state index contributed by atoms with van der Waals surface area (Å²) in [6, 6.07) is 8.33. The summed E-state index contributed by atoms with van der Waals surface area (Å²) < 4.78 is 5.62. The molecule has 0 radical (unpaired) electrons. The molecular formula is C15H13ClN2O3. The number of benzene rings is 1. The maximum absolute atomic E-state index is 12.1. The van der Waals surface area contributed by atoms with Crippen molar-refractivity contribution in [3.05, 3.63) is 53.3 Å². The molecule has 2 heterocycles. The highest BCUT2D eigenvalue weighted by Gasteiger charge is 2.29. The molecule has 0 bridgehead atoms. The third-order valence-corrected chi connectivity index (χ3v) is 3.50. The lowest BCUT2D eigenvalue weighted by molar-refractivity contribution is 0.00589. The smallest absolute Gasteiger partial charge is 0.254 e. The Balaban J connectivity index is 1.75. The van der Waals surface area contributed by atoms with Gasteiger partial charge in [0.2, 0.25) is 0 Å². The molecule has 0 aliphatic carbocycles. The van der Waals surface area contributed by atoms with E-state index in [1.807, 2.05) is 0 Å². The largest absolute Gasteiger partial charge is 0.456 e. The van der Waals surface area contributed by atoms with Crippen LogP contribution in [0.5, 0.6) is 11.5 Å². The zero-order valence-electron chi connectivity index (χ0n) is 11.1. The fourth-order valence-corrected chi connectivity index (χ4v) is 2.27. The third kappa shape index (κ3) is 2.99. The molecular weight excluding hydrogens is 292 g/mol. The molecule has 1 saturated heterocycles. The van der Waals surface area contributed by atoms with Crippen LogP contribution in [-0.4, -0.2) is 40.1 Å². The van der Waals surface area contributed by atoms with Crippen LogP contribution in [0, 0.1) is 0 Å². The monoisotopic (exact) mass is 304 g/mol. The van der Waals surface area contributed by atoms with Crippen LogP contribution >= 0.6 is 11.6 Å². The molecule has 1 aromatic carbocycles. The summed E-state index contributed by atoms with van der Waals surface area (Å²) in [4.78, 5) is 17.6. The Hall–Kier alpha value is -2.11. The lowest BCUT2D eigenvalue weighted by Gasteiger charge is -2.35. The first-order valence-electron chi connectivity index (χ1n) is 6.48. The zero-order valence-corrected chi connectivity index (χ0v) is 11.8. The van der Waals surface area contributed by atoms with E-state index in [2.05, 4.69) is 4.98 Å². The predicted molar refractivity (Wildman–Crippen MR) is 77.7 cm³/mol. The van der Waals surface area contributed by atoms with Gasteiger partial charge in [0.15, 0.2) is 0 Å². The second-order valence-corrected chi connectivity index (χ2v) is 5.20. The maximum Gasteiger partial charge on any atom is 0.254 e. The molecule has 3 rings (SSSR count). The second-order valence-electron chi connectivity index (χ2n) is 4.79. The van der Waals surface area contributed by atoms with E-state index in [0.29, 0.717) is 35.2 Å². The number of halogens is 1. The van der Waals surface area contributed by atoms with Crippen molar-refractivity contribution in [2.24, 2.45) is 0 Å². The van der Waals surface area contributed by atoms with Crippen molar-refractivity contribution in [1.82, 2.24) is 9.88 Å². The summed E-state index contributed by atoms with van der Waals surface area (Å²) in [6.07, 6.45) is 2.82. The maximum atomic E-state index is 12.1. The first-order chi connectivity index (χ1) is 10.1. The topological polar surface area (TPSA) is 62.7 Å². The summed E-state index contributed by atoms with van der Waals surface area (Å²) in [7, 11) is 0. The highest BCUT2D eigenvalue weighted by Crippen LogP contribution is 2.30. The number of ether oxygens (including phenoxy) is 1. The quantitative estimate of drug-likeness (QED) is 0.945. The van der Waals surface area contributed by atoms with Gasteiger partial charge in [0.1, 0.15) is 11.5 Å². The molecule has 0 saturated carbocycles. The van der Waals surface area contributed by atoms with Gasteiger partial charge >= 0.3 is 0 Å². The van der Waals surface area contributed by atoms with Gasteiger partial charge in [0, 0.05) is 31.0 Å². The van der Waals surface area contributed by atoms with Crippen molar-refractivity contribution >= 4 is 17.5 Å². The van der Waals surface area contributed by atoms with Crippen molar-refractivity contribution in [2.45, 2.75) is 6.10 Å². The standard InChI is InChI=1S/C15H13ClN2O3/c16-13-7-10(15(20)18-8-11(19)9-18)1-2-14(13)21-12-3-5-17-6-4-12/h1-7,11,19H,8-9H2. The summed E-state index contributed by atoms with van der Waals surface area (Å²) in [5, 5.41) is 9.59. The van der Waals surface area contributed by atoms with E-state index in [1.165, 1.54) is 0 Å². The van der Waals surface area contributed by atoms with Crippen LogP contribution in [0.1, 0.15) is 10.4 Å². The number of β-amino-alcohol motifs (C(OH)–C–C–N with tert-alkyl or cyclic N) is 1. The fraction of sp³-hybridized carbons (Fsp3) is 0.200. The van der Waals surface area contributed by atoms with E-state index in [9.17, 15) is 9.90 Å². The number of amides is 1. The number of aliphatic hydroxyl groups excluding tert-OH is 1. The van der Waals surface area contributed by atoms with Crippen LogP contribution in [0.3, 0.4) is 0 Å². The number of carbonyl (C=O) groups is 1. The zero-order chi connectivity index (χ0) is 14.8. The molecule has 21 heavy (non-hydrogen) atoms. The minimum Gasteiger partial charge on any atom is -0.456 e. The summed E-state index contributed by atoms with van der Waals surface area (Å²) in [5.41, 5.74) is 0.481. The normalized spacial score (nSPS) is 14.7. The van der Waals surface area contributed by atoms with Crippen LogP contribution in [0.4, 0.5) is 0 Å². The fourth-order valence-electron chi connectivity index (χ4n) is 2.05. The molecule has 1 amide bonds. The Morgan fingerprint density at radius 2 is 2.00 bits per heavy atom. The lowest BCUT2D eigenvalue weighted by Crippen LogP contribution is -2.53. The molecule has 108 valence electrons. The number of likely N-dealkylation sites (tertiary alicyclic amines) is 1. The van der Waals surface area contributed by atoms with Gasteiger partial charge in [-0.2, -0.15) is 0 Å². The van der Waals surface area contributed by atoms with Gasteiger partial charge in [-0.1, -0.05) is 11.6 Å².